The molecule has 0 bridgehead atoms. The van der Waals surface area contributed by atoms with E-state index in [0.29, 0.717) is 0 Å². The topological polar surface area (TPSA) is 17.6 Å². The van der Waals surface area contributed by atoms with Crippen LogP contribution in [0.15, 0.2) is 24.8 Å². The third kappa shape index (κ3) is 3.35. The summed E-state index contributed by atoms with van der Waals surface area (Å²) in [6.45, 7) is 27.4. The fourth-order valence-corrected chi connectivity index (χ4v) is 3.94. The molecule has 0 aliphatic heterocycles. The van der Waals surface area contributed by atoms with Crippen LogP contribution in [0, 0.1) is 0 Å². The third-order valence-electron chi connectivity index (χ3n) is 5.46. The van der Waals surface area contributed by atoms with Crippen LogP contribution in [-0.2, 0) is 22.2 Å². The number of hydrogen-bond acceptors (Lipinski definition) is 0. The molecule has 28 heavy (non-hydrogen) atoms. The lowest BCUT2D eigenvalue weighted by atomic mass is 10.1. The zero-order chi connectivity index (χ0) is 21.4. The SMILES string of the molecule is CC(C)(C)n1c[n+](C(C)(C)C)c2cc3c(cc21)n(C(C)(C)C)c[n+]3C(C)(C)C. The Balaban J connectivity index is 2.55. The summed E-state index contributed by atoms with van der Waals surface area (Å²) in [4.78, 5) is 0. The first-order valence-electron chi connectivity index (χ1n) is 10.5. The first-order chi connectivity index (χ1) is 12.4. The van der Waals surface area contributed by atoms with Crippen molar-refractivity contribution in [2.75, 3.05) is 0 Å². The zero-order valence-corrected chi connectivity index (χ0v) is 20.1. The molecule has 0 saturated heterocycles. The van der Waals surface area contributed by atoms with Crippen LogP contribution in [0.4, 0.5) is 0 Å². The number of aromatic nitrogens is 4. The van der Waals surface area contributed by atoms with E-state index in [1.54, 1.807) is 0 Å². The quantitative estimate of drug-likeness (QED) is 0.475. The van der Waals surface area contributed by atoms with Crippen LogP contribution in [0.1, 0.15) is 83.1 Å². The van der Waals surface area contributed by atoms with Crippen LogP contribution in [0.2, 0.25) is 0 Å². The Morgan fingerprint density at radius 3 is 1.11 bits per heavy atom. The van der Waals surface area contributed by atoms with Gasteiger partial charge in [0.05, 0.1) is 0 Å². The van der Waals surface area contributed by atoms with Gasteiger partial charge in [-0.25, -0.2) is 18.3 Å². The minimum atomic E-state index is 0.0155. The largest absolute Gasteiger partial charge is 0.245 e. The number of imidazole rings is 2. The molecule has 4 nitrogen and oxygen atoms in total. The van der Waals surface area contributed by atoms with E-state index in [2.05, 4.69) is 126 Å². The second kappa shape index (κ2) is 5.84. The average molecular weight is 385 g/mol. The van der Waals surface area contributed by atoms with Crippen LogP contribution < -0.4 is 9.13 Å². The fraction of sp³-hybridized carbons (Fsp3) is 0.667. The van der Waals surface area contributed by atoms with Gasteiger partial charge in [0.15, 0.2) is 22.1 Å². The summed E-state index contributed by atoms with van der Waals surface area (Å²) < 4.78 is 9.70. The van der Waals surface area contributed by atoms with Gasteiger partial charge < -0.3 is 0 Å². The molecule has 2 aromatic heterocycles. The Morgan fingerprint density at radius 2 is 0.857 bits per heavy atom. The molecule has 1 aromatic carbocycles. The monoisotopic (exact) mass is 384 g/mol. The second-order valence-corrected chi connectivity index (χ2v) is 12.2. The maximum absolute atomic E-state index is 2.43. The van der Waals surface area contributed by atoms with Crippen molar-refractivity contribution in [1.29, 1.82) is 0 Å². The minimum Gasteiger partial charge on any atom is -0.225 e. The maximum atomic E-state index is 2.43. The third-order valence-corrected chi connectivity index (χ3v) is 5.46. The number of nitrogens with zero attached hydrogens (tertiary/aromatic N) is 4. The molecule has 3 rings (SSSR count). The highest BCUT2D eigenvalue weighted by Crippen LogP contribution is 2.30. The normalized spacial score (nSPS) is 14.4. The van der Waals surface area contributed by atoms with Crippen molar-refractivity contribution in [2.24, 2.45) is 0 Å². The Hall–Kier alpha value is -1.84. The van der Waals surface area contributed by atoms with E-state index in [4.69, 9.17) is 0 Å². The predicted octanol–water partition coefficient (Wildman–Crippen LogP) is 5.19. The fourth-order valence-electron chi connectivity index (χ4n) is 3.94. The van der Waals surface area contributed by atoms with Crippen LogP contribution in [0.25, 0.3) is 22.1 Å². The molecule has 0 fully saturated rings. The van der Waals surface area contributed by atoms with Crippen LogP contribution in [-0.4, -0.2) is 9.13 Å². The number of hydrogen-bond donors (Lipinski definition) is 0. The van der Waals surface area contributed by atoms with Crippen LogP contribution >= 0.6 is 0 Å². The molecule has 2 heterocycles. The van der Waals surface area contributed by atoms with Gasteiger partial charge in [0.25, 0.3) is 0 Å². The summed E-state index contributed by atoms with van der Waals surface area (Å²) in [5.74, 6) is 0. The molecule has 0 aliphatic rings. The summed E-state index contributed by atoms with van der Waals surface area (Å²) in [6.07, 6.45) is 4.60. The Kier molecular flexibility index (Phi) is 4.35. The summed E-state index contributed by atoms with van der Waals surface area (Å²) in [5, 5.41) is 0. The molecule has 0 amide bonds. The molecule has 0 N–H and O–H groups in total. The smallest absolute Gasteiger partial charge is 0.225 e. The highest BCUT2D eigenvalue weighted by Gasteiger charge is 2.36. The molecule has 3 aromatic rings. The first kappa shape index (κ1) is 20.9. The summed E-state index contributed by atoms with van der Waals surface area (Å²) >= 11 is 0. The molecule has 0 saturated carbocycles. The molecule has 154 valence electrons. The summed E-state index contributed by atoms with van der Waals surface area (Å²) in [7, 11) is 0. The van der Waals surface area contributed by atoms with Crippen LogP contribution in [0.5, 0.6) is 0 Å². The number of rotatable bonds is 0. The minimum absolute atomic E-state index is 0.0155. The lowest BCUT2D eigenvalue weighted by Crippen LogP contribution is -2.50. The van der Waals surface area contributed by atoms with Gasteiger partial charge in [-0.3, -0.25) is 0 Å². The number of fused-ring (bicyclic) bond motifs is 2. The molecular formula is C24H40N4+2. The van der Waals surface area contributed by atoms with Gasteiger partial charge in [0.2, 0.25) is 12.7 Å². The number of benzene rings is 1. The summed E-state index contributed by atoms with van der Waals surface area (Å²) in [5.41, 5.74) is 5.23. The summed E-state index contributed by atoms with van der Waals surface area (Å²) in [6, 6.07) is 4.79. The van der Waals surface area contributed by atoms with E-state index >= 15 is 0 Å². The molecule has 0 aliphatic carbocycles. The predicted molar refractivity (Wildman–Crippen MR) is 118 cm³/mol. The van der Waals surface area contributed by atoms with Crippen molar-refractivity contribution in [3.63, 3.8) is 0 Å². The molecule has 0 spiro atoms. The van der Waals surface area contributed by atoms with Crippen molar-refractivity contribution >= 4 is 22.1 Å². The second-order valence-electron chi connectivity index (χ2n) is 12.2. The van der Waals surface area contributed by atoms with Gasteiger partial charge in [0, 0.05) is 12.1 Å². The first-order valence-corrected chi connectivity index (χ1v) is 10.5. The lowest BCUT2D eigenvalue weighted by Gasteiger charge is -2.17. The van der Waals surface area contributed by atoms with Gasteiger partial charge >= 0.3 is 0 Å². The molecule has 0 unspecified atom stereocenters. The highest BCUT2D eigenvalue weighted by atomic mass is 15.2. The maximum Gasteiger partial charge on any atom is 0.245 e. The van der Waals surface area contributed by atoms with E-state index in [9.17, 15) is 0 Å². The average Bonchev–Trinajstić information content (AvgIpc) is 3.00. The Labute approximate surface area is 170 Å². The molecule has 0 radical (unpaired) electrons. The van der Waals surface area contributed by atoms with Crippen molar-refractivity contribution in [2.45, 2.75) is 105 Å². The Bertz CT molecular complexity index is 873. The van der Waals surface area contributed by atoms with Crippen molar-refractivity contribution in [3.05, 3.63) is 24.8 Å². The van der Waals surface area contributed by atoms with Gasteiger partial charge in [-0.15, -0.1) is 0 Å². The van der Waals surface area contributed by atoms with Gasteiger partial charge in [-0.2, -0.15) is 0 Å². The van der Waals surface area contributed by atoms with Crippen molar-refractivity contribution in [1.82, 2.24) is 9.13 Å². The van der Waals surface area contributed by atoms with E-state index in [0.717, 1.165) is 0 Å². The van der Waals surface area contributed by atoms with E-state index in [1.807, 2.05) is 0 Å². The van der Waals surface area contributed by atoms with Gasteiger partial charge in [-0.05, 0) is 83.1 Å². The molecular weight excluding hydrogens is 344 g/mol. The van der Waals surface area contributed by atoms with E-state index < -0.39 is 0 Å². The zero-order valence-electron chi connectivity index (χ0n) is 20.1. The van der Waals surface area contributed by atoms with Crippen LogP contribution in [0.3, 0.4) is 0 Å². The van der Waals surface area contributed by atoms with Gasteiger partial charge in [0.1, 0.15) is 22.2 Å². The van der Waals surface area contributed by atoms with Crippen molar-refractivity contribution in [3.8, 4) is 0 Å². The Morgan fingerprint density at radius 1 is 0.536 bits per heavy atom. The molecule has 0 atom stereocenters. The van der Waals surface area contributed by atoms with Gasteiger partial charge in [-0.1, -0.05) is 0 Å². The van der Waals surface area contributed by atoms with E-state index in [1.165, 1.54) is 22.1 Å². The lowest BCUT2D eigenvalue weighted by molar-refractivity contribution is -0.734. The highest BCUT2D eigenvalue weighted by molar-refractivity contribution is 5.89. The molecule has 4 heteroatoms. The standard InChI is InChI=1S/C24H40N4/c1-21(2,3)25-15-26(22(4,5)6)18-14-20-19(13-17(18)25)27(23(7,8)9)16-28(20)24(10,11)12/h13-16H,1-12H3/q+2. The van der Waals surface area contributed by atoms with Crippen molar-refractivity contribution < 1.29 is 9.13 Å². The van der Waals surface area contributed by atoms with E-state index in [-0.39, 0.29) is 22.2 Å².